The largest absolute Gasteiger partial charge is 0.378 e. The average molecular weight is 420 g/mol. The maximum absolute atomic E-state index is 12.8. The Hall–Kier alpha value is -2.62. The van der Waals surface area contributed by atoms with Crippen LogP contribution < -0.4 is 10.4 Å². The fourth-order valence-electron chi connectivity index (χ4n) is 2.81. The van der Waals surface area contributed by atoms with E-state index in [0.29, 0.717) is 12.2 Å². The lowest BCUT2D eigenvalue weighted by Gasteiger charge is -2.21. The Morgan fingerprint density at radius 3 is 2.66 bits per heavy atom. The van der Waals surface area contributed by atoms with Crippen LogP contribution in [-0.2, 0) is 24.4 Å². The summed E-state index contributed by atoms with van der Waals surface area (Å²) in [7, 11) is 0.0713. The van der Waals surface area contributed by atoms with E-state index in [9.17, 15) is 13.2 Å². The molecular weight excluding hydrogens is 394 g/mol. The molecule has 1 fully saturated rings. The summed E-state index contributed by atoms with van der Waals surface area (Å²) in [6, 6.07) is 8.24. The Morgan fingerprint density at radius 1 is 1.24 bits per heavy atom. The van der Waals surface area contributed by atoms with Crippen LogP contribution >= 0.6 is 0 Å². The second kappa shape index (κ2) is 9.25. The SMILES string of the molecule is CN(C)c1ccc(S(=O)(=O)n2ccc(C=CC(=O)NOC3CCCCO3)c2)cc1. The van der Waals surface area contributed by atoms with E-state index in [1.165, 1.54) is 24.5 Å². The Labute approximate surface area is 170 Å². The van der Waals surface area contributed by atoms with E-state index in [1.54, 1.807) is 30.3 Å². The van der Waals surface area contributed by atoms with Crippen molar-refractivity contribution in [3.05, 3.63) is 54.4 Å². The highest BCUT2D eigenvalue weighted by molar-refractivity contribution is 7.90. The van der Waals surface area contributed by atoms with Crippen LogP contribution in [0.3, 0.4) is 0 Å². The fraction of sp³-hybridized carbons (Fsp3) is 0.350. The Morgan fingerprint density at radius 2 is 2.00 bits per heavy atom. The Kier molecular flexibility index (Phi) is 6.73. The summed E-state index contributed by atoms with van der Waals surface area (Å²) >= 11 is 0. The topological polar surface area (TPSA) is 89.9 Å². The van der Waals surface area contributed by atoms with Crippen molar-refractivity contribution >= 4 is 27.7 Å². The van der Waals surface area contributed by atoms with Gasteiger partial charge in [-0.1, -0.05) is 0 Å². The van der Waals surface area contributed by atoms with Crippen LogP contribution in [0.5, 0.6) is 0 Å². The first-order valence-corrected chi connectivity index (χ1v) is 10.8. The molecule has 1 aliphatic rings. The lowest BCUT2D eigenvalue weighted by molar-refractivity contribution is -0.198. The normalized spacial score (nSPS) is 17.4. The second-order valence-corrected chi connectivity index (χ2v) is 8.72. The van der Waals surface area contributed by atoms with Crippen molar-refractivity contribution in [2.24, 2.45) is 0 Å². The van der Waals surface area contributed by atoms with Crippen LogP contribution in [0, 0.1) is 0 Å². The van der Waals surface area contributed by atoms with E-state index in [2.05, 4.69) is 5.48 Å². The number of aromatic nitrogens is 1. The molecule has 1 aromatic heterocycles. The van der Waals surface area contributed by atoms with Crippen LogP contribution in [0.4, 0.5) is 5.69 Å². The van der Waals surface area contributed by atoms with Gasteiger partial charge in [0.05, 0.1) is 4.90 Å². The molecule has 1 N–H and O–H groups in total. The quantitative estimate of drug-likeness (QED) is 0.547. The van der Waals surface area contributed by atoms with E-state index in [-0.39, 0.29) is 4.90 Å². The van der Waals surface area contributed by atoms with E-state index in [0.717, 1.165) is 28.9 Å². The maximum atomic E-state index is 12.8. The van der Waals surface area contributed by atoms with E-state index < -0.39 is 22.2 Å². The van der Waals surface area contributed by atoms with Crippen molar-refractivity contribution in [2.75, 3.05) is 25.6 Å². The molecule has 8 nitrogen and oxygen atoms in total. The summed E-state index contributed by atoms with van der Waals surface area (Å²) < 4.78 is 32.0. The molecule has 3 rings (SSSR count). The number of anilines is 1. The van der Waals surface area contributed by atoms with Gasteiger partial charge in [0, 0.05) is 51.3 Å². The van der Waals surface area contributed by atoms with Gasteiger partial charge in [-0.15, -0.1) is 0 Å². The number of hydrogen-bond acceptors (Lipinski definition) is 6. The molecule has 0 radical (unpaired) electrons. The van der Waals surface area contributed by atoms with Crippen molar-refractivity contribution < 1.29 is 22.8 Å². The van der Waals surface area contributed by atoms with Crippen LogP contribution in [0.1, 0.15) is 24.8 Å². The molecule has 2 aromatic rings. The number of ether oxygens (including phenoxy) is 1. The minimum Gasteiger partial charge on any atom is -0.378 e. The molecule has 1 aliphatic heterocycles. The lowest BCUT2D eigenvalue weighted by Crippen LogP contribution is -2.32. The second-order valence-electron chi connectivity index (χ2n) is 6.88. The van der Waals surface area contributed by atoms with E-state index in [4.69, 9.17) is 9.57 Å². The summed E-state index contributed by atoms with van der Waals surface area (Å²) in [5, 5.41) is 0. The number of carbonyl (C=O) groups is 1. The predicted molar refractivity (Wildman–Crippen MR) is 110 cm³/mol. The monoisotopic (exact) mass is 419 g/mol. The number of amides is 1. The summed E-state index contributed by atoms with van der Waals surface area (Å²) in [5.41, 5.74) is 3.80. The predicted octanol–water partition coefficient (Wildman–Crippen LogP) is 2.38. The molecule has 0 spiro atoms. The van der Waals surface area contributed by atoms with Gasteiger partial charge in [0.15, 0.2) is 6.29 Å². The zero-order chi connectivity index (χ0) is 20.9. The first-order chi connectivity index (χ1) is 13.9. The van der Waals surface area contributed by atoms with E-state index in [1.807, 2.05) is 19.0 Å². The van der Waals surface area contributed by atoms with Crippen molar-refractivity contribution in [1.29, 1.82) is 0 Å². The van der Waals surface area contributed by atoms with Crippen molar-refractivity contribution in [3.8, 4) is 0 Å². The Balaban J connectivity index is 1.61. The minimum atomic E-state index is -3.70. The van der Waals surface area contributed by atoms with Gasteiger partial charge in [-0.05, 0) is 54.8 Å². The molecule has 0 aliphatic carbocycles. The summed E-state index contributed by atoms with van der Waals surface area (Å²) in [4.78, 5) is 19.1. The highest BCUT2D eigenvalue weighted by Crippen LogP contribution is 2.19. The van der Waals surface area contributed by atoms with E-state index >= 15 is 0 Å². The Bertz CT molecular complexity index is 958. The molecule has 1 unspecified atom stereocenters. The number of nitrogens with one attached hydrogen (secondary N) is 1. The molecule has 29 heavy (non-hydrogen) atoms. The van der Waals surface area contributed by atoms with Gasteiger partial charge in [0.25, 0.3) is 15.9 Å². The molecule has 0 saturated carbocycles. The van der Waals surface area contributed by atoms with Crippen LogP contribution in [0.2, 0.25) is 0 Å². The minimum absolute atomic E-state index is 0.188. The van der Waals surface area contributed by atoms with Gasteiger partial charge in [-0.2, -0.15) is 0 Å². The summed E-state index contributed by atoms with van der Waals surface area (Å²) in [5.74, 6) is -0.450. The molecule has 156 valence electrons. The maximum Gasteiger partial charge on any atom is 0.267 e. The van der Waals surface area contributed by atoms with Crippen molar-refractivity contribution in [2.45, 2.75) is 30.4 Å². The molecule has 2 heterocycles. The third-order valence-corrected chi connectivity index (χ3v) is 6.12. The van der Waals surface area contributed by atoms with Crippen molar-refractivity contribution in [3.63, 3.8) is 0 Å². The number of carbonyl (C=O) groups excluding carboxylic acids is 1. The third-order valence-electron chi connectivity index (χ3n) is 4.47. The van der Waals surface area contributed by atoms with Gasteiger partial charge >= 0.3 is 0 Å². The molecule has 1 atom stereocenters. The number of nitrogens with zero attached hydrogens (tertiary/aromatic N) is 2. The third kappa shape index (κ3) is 5.47. The van der Waals surface area contributed by atoms with Gasteiger partial charge < -0.3 is 9.64 Å². The number of rotatable bonds is 7. The van der Waals surface area contributed by atoms with Crippen molar-refractivity contribution in [1.82, 2.24) is 9.45 Å². The van der Waals surface area contributed by atoms with Gasteiger partial charge in [-0.3, -0.25) is 4.79 Å². The molecule has 9 heteroatoms. The van der Waals surface area contributed by atoms with Gasteiger partial charge in [0.2, 0.25) is 0 Å². The zero-order valence-electron chi connectivity index (χ0n) is 16.4. The average Bonchev–Trinajstić information content (AvgIpc) is 3.21. The number of hydrogen-bond donors (Lipinski definition) is 1. The summed E-state index contributed by atoms with van der Waals surface area (Å²) in [6.45, 7) is 0.621. The molecule has 1 aromatic carbocycles. The molecule has 1 saturated heterocycles. The number of hydroxylamine groups is 1. The first-order valence-electron chi connectivity index (χ1n) is 9.32. The summed E-state index contributed by atoms with van der Waals surface area (Å²) in [6.07, 6.45) is 7.99. The zero-order valence-corrected chi connectivity index (χ0v) is 17.3. The molecule has 1 amide bonds. The smallest absolute Gasteiger partial charge is 0.267 e. The van der Waals surface area contributed by atoms with Gasteiger partial charge in [0.1, 0.15) is 0 Å². The van der Waals surface area contributed by atoms with Crippen LogP contribution in [0.25, 0.3) is 6.08 Å². The first kappa shape index (κ1) is 21.1. The highest BCUT2D eigenvalue weighted by atomic mass is 32.2. The number of benzene rings is 1. The molecule has 0 bridgehead atoms. The van der Waals surface area contributed by atoms with Gasteiger partial charge in [-0.25, -0.2) is 22.7 Å². The fourth-order valence-corrected chi connectivity index (χ4v) is 4.02. The highest BCUT2D eigenvalue weighted by Gasteiger charge is 2.17. The standard InChI is InChI=1S/C20H25N3O5S/c1-22(2)17-7-9-18(10-8-17)29(25,26)23-13-12-16(15-23)6-11-19(24)21-28-20-5-3-4-14-27-20/h6-13,15,20H,3-5,14H2,1-2H3,(H,21,24). The molecular formula is C20H25N3O5S. The lowest BCUT2D eigenvalue weighted by atomic mass is 10.2. The van der Waals surface area contributed by atoms with Crippen LogP contribution in [-0.4, -0.2) is 45.3 Å². The van der Waals surface area contributed by atoms with Crippen LogP contribution in [0.15, 0.2) is 53.7 Å².